The van der Waals surface area contributed by atoms with E-state index in [4.69, 9.17) is 14.6 Å². The number of benzene rings is 1. The molecule has 0 bridgehead atoms. The van der Waals surface area contributed by atoms with Gasteiger partial charge in [-0.25, -0.2) is 8.78 Å². The molecule has 1 aliphatic heterocycles. The number of rotatable bonds is 5. The van der Waals surface area contributed by atoms with Gasteiger partial charge in [-0.3, -0.25) is 15.3 Å². The molecule has 1 aliphatic rings. The van der Waals surface area contributed by atoms with Gasteiger partial charge in [0.2, 0.25) is 0 Å². The summed E-state index contributed by atoms with van der Waals surface area (Å²) in [5, 5.41) is 12.5. The molecule has 3 aromatic heterocycles. The maximum absolute atomic E-state index is 13.3. The quantitative estimate of drug-likeness (QED) is 0.457. The number of hydrogen-bond donors (Lipinski definition) is 1. The topological polar surface area (TPSA) is 62.4 Å². The molecule has 5 rings (SSSR count). The van der Waals surface area contributed by atoms with Gasteiger partial charge in [-0.15, -0.1) is 11.3 Å². The molecule has 5 nitrogen and oxygen atoms in total. The van der Waals surface area contributed by atoms with E-state index in [1.54, 1.807) is 35.6 Å². The van der Waals surface area contributed by atoms with Gasteiger partial charge in [0.15, 0.2) is 5.76 Å². The SMILES string of the molecule is N=c1cc(-c2cc3sccc3cn2)oc2ccc(OCCN3CCC(F)(F)CC3)cc12. The summed E-state index contributed by atoms with van der Waals surface area (Å²) in [7, 11) is 0. The Kier molecular flexibility index (Phi) is 5.19. The number of nitrogens with zero attached hydrogens (tertiary/aromatic N) is 2. The second-order valence-electron chi connectivity index (χ2n) is 7.76. The standard InChI is InChI=1S/C23H21F2N3O2S/c24-23(25)4-6-28(7-5-23)8-9-29-16-1-2-20-17(11-16)18(26)12-21(30-20)19-13-22-15(14-27-19)3-10-31-22/h1-3,10-14,26H,4-9H2. The Balaban J connectivity index is 1.30. The minimum absolute atomic E-state index is 0.0940. The summed E-state index contributed by atoms with van der Waals surface area (Å²) in [5.41, 5.74) is 1.28. The van der Waals surface area contributed by atoms with Crippen LogP contribution in [0.3, 0.4) is 0 Å². The van der Waals surface area contributed by atoms with Crippen LogP contribution in [0.15, 0.2) is 52.4 Å². The summed E-state index contributed by atoms with van der Waals surface area (Å²) in [5.74, 6) is -1.36. The lowest BCUT2D eigenvalue weighted by atomic mass is 10.1. The Morgan fingerprint density at radius 3 is 2.84 bits per heavy atom. The largest absolute Gasteiger partial charge is 0.492 e. The minimum atomic E-state index is -2.53. The summed E-state index contributed by atoms with van der Waals surface area (Å²) >= 11 is 1.64. The molecule has 8 heteroatoms. The number of fused-ring (bicyclic) bond motifs is 2. The Hall–Kier alpha value is -2.84. The summed E-state index contributed by atoms with van der Waals surface area (Å²) < 4.78 is 39.5. The van der Waals surface area contributed by atoms with E-state index in [1.807, 2.05) is 28.6 Å². The second-order valence-corrected chi connectivity index (χ2v) is 8.70. The molecule has 0 aliphatic carbocycles. The first-order valence-corrected chi connectivity index (χ1v) is 11.0. The first-order chi connectivity index (χ1) is 15.0. The van der Waals surface area contributed by atoms with E-state index in [-0.39, 0.29) is 12.8 Å². The Bertz CT molecular complexity index is 1290. The van der Waals surface area contributed by atoms with Crippen molar-refractivity contribution in [3.8, 4) is 17.2 Å². The predicted octanol–water partition coefficient (Wildman–Crippen LogP) is 5.30. The first-order valence-electron chi connectivity index (χ1n) is 10.2. The molecule has 4 heterocycles. The Labute approximate surface area is 181 Å². The second kappa shape index (κ2) is 8.01. The molecule has 1 N–H and O–H groups in total. The van der Waals surface area contributed by atoms with E-state index < -0.39 is 5.92 Å². The van der Waals surface area contributed by atoms with Gasteiger partial charge in [-0.2, -0.15) is 0 Å². The van der Waals surface area contributed by atoms with Gasteiger partial charge in [0.1, 0.15) is 23.6 Å². The van der Waals surface area contributed by atoms with Crippen molar-refractivity contribution >= 4 is 32.4 Å². The van der Waals surface area contributed by atoms with Crippen LogP contribution in [0.2, 0.25) is 0 Å². The number of aromatic nitrogens is 1. The van der Waals surface area contributed by atoms with Crippen molar-refractivity contribution in [2.75, 3.05) is 26.2 Å². The van der Waals surface area contributed by atoms with Crippen molar-refractivity contribution in [2.24, 2.45) is 0 Å². The highest BCUT2D eigenvalue weighted by atomic mass is 32.1. The number of ether oxygens (including phenoxy) is 1. The summed E-state index contributed by atoms with van der Waals surface area (Å²) in [4.78, 5) is 6.46. The van der Waals surface area contributed by atoms with Gasteiger partial charge in [-0.05, 0) is 35.7 Å². The molecule has 0 saturated carbocycles. The molecule has 0 atom stereocenters. The molecule has 1 saturated heterocycles. The van der Waals surface area contributed by atoms with Crippen molar-refractivity contribution in [1.82, 2.24) is 9.88 Å². The number of likely N-dealkylation sites (tertiary alicyclic amines) is 1. The highest BCUT2D eigenvalue weighted by molar-refractivity contribution is 7.17. The normalized spacial score (nSPS) is 16.7. The van der Waals surface area contributed by atoms with Gasteiger partial charge < -0.3 is 9.15 Å². The van der Waals surface area contributed by atoms with Gasteiger partial charge in [0.05, 0.1) is 5.36 Å². The lowest BCUT2D eigenvalue weighted by molar-refractivity contribution is -0.0564. The number of piperidine rings is 1. The zero-order chi connectivity index (χ0) is 21.4. The molecular formula is C23H21F2N3O2S. The lowest BCUT2D eigenvalue weighted by Crippen LogP contribution is -2.41. The average Bonchev–Trinajstić information content (AvgIpc) is 3.23. The minimum Gasteiger partial charge on any atom is -0.492 e. The van der Waals surface area contributed by atoms with Crippen LogP contribution in [-0.2, 0) is 0 Å². The zero-order valence-electron chi connectivity index (χ0n) is 16.7. The van der Waals surface area contributed by atoms with Crippen molar-refractivity contribution in [3.63, 3.8) is 0 Å². The van der Waals surface area contributed by atoms with Crippen molar-refractivity contribution in [3.05, 3.63) is 53.3 Å². The smallest absolute Gasteiger partial charge is 0.250 e. The first kappa shape index (κ1) is 20.1. The summed E-state index contributed by atoms with van der Waals surface area (Å²) in [6.45, 7) is 1.78. The molecule has 1 aromatic carbocycles. The Morgan fingerprint density at radius 2 is 2.00 bits per heavy atom. The fraction of sp³-hybridized carbons (Fsp3) is 0.304. The van der Waals surface area contributed by atoms with Crippen molar-refractivity contribution < 1.29 is 17.9 Å². The molecule has 160 valence electrons. The molecule has 0 unspecified atom stereocenters. The van der Waals surface area contributed by atoms with Gasteiger partial charge in [0, 0.05) is 60.2 Å². The molecule has 31 heavy (non-hydrogen) atoms. The van der Waals surface area contributed by atoms with E-state index in [9.17, 15) is 8.78 Å². The number of nitrogens with one attached hydrogen (secondary N) is 1. The Morgan fingerprint density at radius 1 is 1.16 bits per heavy atom. The van der Waals surface area contributed by atoms with Crippen molar-refractivity contribution in [2.45, 2.75) is 18.8 Å². The van der Waals surface area contributed by atoms with Crippen LogP contribution in [0.25, 0.3) is 32.5 Å². The van der Waals surface area contributed by atoms with Crippen LogP contribution in [-0.4, -0.2) is 42.0 Å². The van der Waals surface area contributed by atoms with Crippen LogP contribution in [0.4, 0.5) is 8.78 Å². The van der Waals surface area contributed by atoms with Crippen molar-refractivity contribution in [1.29, 1.82) is 5.41 Å². The third-order valence-corrected chi connectivity index (χ3v) is 6.47. The van der Waals surface area contributed by atoms with Crippen LogP contribution >= 0.6 is 11.3 Å². The third kappa shape index (κ3) is 4.31. The number of thiophene rings is 1. The van der Waals surface area contributed by atoms with Crippen LogP contribution < -0.4 is 10.1 Å². The number of alkyl halides is 2. The van der Waals surface area contributed by atoms with Gasteiger partial charge >= 0.3 is 0 Å². The summed E-state index contributed by atoms with van der Waals surface area (Å²) in [6, 6.07) is 11.0. The highest BCUT2D eigenvalue weighted by Crippen LogP contribution is 2.29. The molecule has 1 fully saturated rings. The molecule has 4 aromatic rings. The molecule has 0 spiro atoms. The maximum Gasteiger partial charge on any atom is 0.250 e. The van der Waals surface area contributed by atoms with E-state index in [0.29, 0.717) is 59.8 Å². The number of pyridine rings is 1. The van der Waals surface area contributed by atoms with Crippen LogP contribution in [0.1, 0.15) is 12.8 Å². The van der Waals surface area contributed by atoms with E-state index in [1.165, 1.54) is 0 Å². The van der Waals surface area contributed by atoms with E-state index in [2.05, 4.69) is 4.98 Å². The average molecular weight is 442 g/mol. The summed E-state index contributed by atoms with van der Waals surface area (Å²) in [6.07, 6.45) is 1.62. The van der Waals surface area contributed by atoms with Gasteiger partial charge in [0.25, 0.3) is 5.92 Å². The third-order valence-electron chi connectivity index (χ3n) is 5.59. The van der Waals surface area contributed by atoms with E-state index >= 15 is 0 Å². The molecule has 0 amide bonds. The monoisotopic (exact) mass is 441 g/mol. The maximum atomic E-state index is 13.3. The number of halogens is 2. The highest BCUT2D eigenvalue weighted by Gasteiger charge is 2.33. The zero-order valence-corrected chi connectivity index (χ0v) is 17.6. The predicted molar refractivity (Wildman–Crippen MR) is 117 cm³/mol. The molecule has 0 radical (unpaired) electrons. The van der Waals surface area contributed by atoms with Crippen LogP contribution in [0, 0.1) is 5.41 Å². The fourth-order valence-electron chi connectivity index (χ4n) is 3.77. The fourth-order valence-corrected chi connectivity index (χ4v) is 4.57. The van der Waals surface area contributed by atoms with Gasteiger partial charge in [-0.1, -0.05) is 0 Å². The van der Waals surface area contributed by atoms with E-state index in [0.717, 1.165) is 10.1 Å². The van der Waals surface area contributed by atoms with Crippen LogP contribution in [0.5, 0.6) is 5.75 Å². The lowest BCUT2D eigenvalue weighted by Gasteiger charge is -2.31. The number of hydrogen-bond acceptors (Lipinski definition) is 6. The molecular weight excluding hydrogens is 420 g/mol.